The Bertz CT molecular complexity index is 590. The number of carbonyl (C=O) groups is 1. The van der Waals surface area contributed by atoms with Crippen molar-refractivity contribution in [2.24, 2.45) is 5.10 Å². The van der Waals surface area contributed by atoms with E-state index in [9.17, 15) is 9.18 Å². The predicted octanol–water partition coefficient (Wildman–Crippen LogP) is 3.01. The first kappa shape index (κ1) is 12.1. The Morgan fingerprint density at radius 3 is 2.74 bits per heavy atom. The molecule has 1 aliphatic carbocycles. The van der Waals surface area contributed by atoms with Crippen molar-refractivity contribution in [1.82, 2.24) is 5.43 Å². The quantitative estimate of drug-likeness (QED) is 0.870. The number of nitrogens with zero attached hydrogens (tertiary/aromatic N) is 1. The minimum Gasteiger partial charge on any atom is -0.273 e. The summed E-state index contributed by atoms with van der Waals surface area (Å²) in [7, 11) is 0. The number of hydrogen-bond donors (Lipinski definition) is 1. The number of nitrogens with one attached hydrogen (secondary N) is 1. The Labute approximate surface area is 111 Å². The zero-order valence-corrected chi connectivity index (χ0v) is 10.6. The second kappa shape index (κ2) is 4.96. The molecule has 3 nitrogen and oxygen atoms in total. The first-order valence-corrected chi connectivity index (χ1v) is 6.59. The lowest BCUT2D eigenvalue weighted by Gasteiger charge is -2.13. The third kappa shape index (κ3) is 2.43. The van der Waals surface area contributed by atoms with Gasteiger partial charge in [0.05, 0.1) is 5.71 Å². The highest BCUT2D eigenvalue weighted by molar-refractivity contribution is 6.04. The van der Waals surface area contributed by atoms with Crippen molar-refractivity contribution in [3.63, 3.8) is 0 Å². The second-order valence-electron chi connectivity index (χ2n) is 4.91. The van der Waals surface area contributed by atoms with Crippen LogP contribution in [0, 0.1) is 5.82 Å². The molecule has 1 N–H and O–H groups in total. The van der Waals surface area contributed by atoms with Gasteiger partial charge in [0.2, 0.25) is 5.91 Å². The topological polar surface area (TPSA) is 41.5 Å². The van der Waals surface area contributed by atoms with Crippen LogP contribution in [0.4, 0.5) is 4.39 Å². The number of hydrazone groups is 1. The van der Waals surface area contributed by atoms with E-state index in [-0.39, 0.29) is 11.7 Å². The summed E-state index contributed by atoms with van der Waals surface area (Å²) in [5.74, 6) is -0.290. The average Bonchev–Trinajstić information content (AvgIpc) is 2.93. The van der Waals surface area contributed by atoms with E-state index in [4.69, 9.17) is 0 Å². The van der Waals surface area contributed by atoms with Crippen LogP contribution in [-0.4, -0.2) is 11.6 Å². The molecule has 1 aliphatic heterocycles. The Kier molecular flexibility index (Phi) is 3.15. The molecule has 98 valence electrons. The SMILES string of the molecule is O=C1CCC(c2ccc(C3=CCCC3)c(F)c2)=NN1. The van der Waals surface area contributed by atoms with Gasteiger partial charge in [0, 0.05) is 24.0 Å². The van der Waals surface area contributed by atoms with Gasteiger partial charge in [-0.2, -0.15) is 5.10 Å². The van der Waals surface area contributed by atoms with Crippen LogP contribution in [0.25, 0.3) is 5.57 Å². The number of amides is 1. The number of hydrogen-bond acceptors (Lipinski definition) is 2. The molecule has 0 fully saturated rings. The van der Waals surface area contributed by atoms with Gasteiger partial charge in [-0.25, -0.2) is 9.82 Å². The van der Waals surface area contributed by atoms with Gasteiger partial charge in [0.1, 0.15) is 5.82 Å². The minimum absolute atomic E-state index is 0.0862. The monoisotopic (exact) mass is 258 g/mol. The Balaban J connectivity index is 1.89. The van der Waals surface area contributed by atoms with Crippen LogP contribution < -0.4 is 5.43 Å². The first-order valence-electron chi connectivity index (χ1n) is 6.59. The molecule has 1 aromatic carbocycles. The van der Waals surface area contributed by atoms with Gasteiger partial charge in [0.15, 0.2) is 0 Å². The van der Waals surface area contributed by atoms with Crippen LogP contribution in [0.1, 0.15) is 43.2 Å². The molecule has 0 atom stereocenters. The Morgan fingerprint density at radius 1 is 1.21 bits per heavy atom. The smallest absolute Gasteiger partial charge is 0.240 e. The maximum absolute atomic E-state index is 14.2. The van der Waals surface area contributed by atoms with E-state index in [1.54, 1.807) is 0 Å². The zero-order valence-electron chi connectivity index (χ0n) is 10.6. The molecule has 0 saturated heterocycles. The lowest BCUT2D eigenvalue weighted by molar-refractivity contribution is -0.121. The van der Waals surface area contributed by atoms with Crippen LogP contribution >= 0.6 is 0 Å². The van der Waals surface area contributed by atoms with Crippen molar-refractivity contribution >= 4 is 17.2 Å². The highest BCUT2D eigenvalue weighted by Crippen LogP contribution is 2.30. The summed E-state index contributed by atoms with van der Waals surface area (Å²) in [6.07, 6.45) is 6.18. The lowest BCUT2D eigenvalue weighted by Crippen LogP contribution is -2.25. The minimum atomic E-state index is -0.203. The molecule has 0 radical (unpaired) electrons. The first-order chi connectivity index (χ1) is 9.24. The summed E-state index contributed by atoms with van der Waals surface area (Å²) >= 11 is 0. The van der Waals surface area contributed by atoms with Gasteiger partial charge in [-0.15, -0.1) is 0 Å². The van der Waals surface area contributed by atoms with Crippen molar-refractivity contribution in [3.05, 3.63) is 41.2 Å². The van der Waals surface area contributed by atoms with Crippen molar-refractivity contribution in [2.75, 3.05) is 0 Å². The third-order valence-electron chi connectivity index (χ3n) is 3.59. The van der Waals surface area contributed by atoms with E-state index in [0.29, 0.717) is 18.4 Å². The highest BCUT2D eigenvalue weighted by atomic mass is 19.1. The fraction of sp³-hybridized carbons (Fsp3) is 0.333. The van der Waals surface area contributed by atoms with Crippen molar-refractivity contribution < 1.29 is 9.18 Å². The molecule has 1 amide bonds. The molecule has 0 bridgehead atoms. The molecule has 1 aromatic rings. The fourth-order valence-corrected chi connectivity index (χ4v) is 2.55. The number of carbonyl (C=O) groups excluding carboxylic acids is 1. The van der Waals surface area contributed by atoms with Crippen LogP contribution in [0.3, 0.4) is 0 Å². The van der Waals surface area contributed by atoms with Gasteiger partial charge in [-0.3, -0.25) is 4.79 Å². The molecule has 3 rings (SSSR count). The van der Waals surface area contributed by atoms with Crippen LogP contribution in [-0.2, 0) is 4.79 Å². The van der Waals surface area contributed by atoms with E-state index in [2.05, 4.69) is 16.6 Å². The third-order valence-corrected chi connectivity index (χ3v) is 3.59. The van der Waals surface area contributed by atoms with E-state index >= 15 is 0 Å². The Hall–Kier alpha value is -1.97. The van der Waals surface area contributed by atoms with Gasteiger partial charge >= 0.3 is 0 Å². The van der Waals surface area contributed by atoms with Crippen molar-refractivity contribution in [1.29, 1.82) is 0 Å². The Morgan fingerprint density at radius 2 is 2.11 bits per heavy atom. The van der Waals surface area contributed by atoms with Crippen LogP contribution in [0.5, 0.6) is 0 Å². The van der Waals surface area contributed by atoms with Gasteiger partial charge in [-0.1, -0.05) is 18.2 Å². The van der Waals surface area contributed by atoms with Crippen LogP contribution in [0.2, 0.25) is 0 Å². The summed E-state index contributed by atoms with van der Waals surface area (Å²) in [5.41, 5.74) is 5.72. The number of benzene rings is 1. The summed E-state index contributed by atoms with van der Waals surface area (Å²) in [6, 6.07) is 5.22. The summed E-state index contributed by atoms with van der Waals surface area (Å²) in [4.78, 5) is 11.0. The van der Waals surface area contributed by atoms with Crippen molar-refractivity contribution in [3.8, 4) is 0 Å². The van der Waals surface area contributed by atoms with Crippen molar-refractivity contribution in [2.45, 2.75) is 32.1 Å². The highest BCUT2D eigenvalue weighted by Gasteiger charge is 2.16. The van der Waals surface area contributed by atoms with Gasteiger partial charge in [0.25, 0.3) is 0 Å². The normalized spacial score (nSPS) is 18.9. The molecule has 0 unspecified atom stereocenters. The van der Waals surface area contributed by atoms with Gasteiger partial charge in [-0.05, 0) is 30.9 Å². The maximum atomic E-state index is 14.2. The second-order valence-corrected chi connectivity index (χ2v) is 4.91. The van der Waals surface area contributed by atoms with E-state index < -0.39 is 0 Å². The lowest BCUT2D eigenvalue weighted by atomic mass is 9.99. The molecule has 1 heterocycles. The number of halogens is 1. The predicted molar refractivity (Wildman–Crippen MR) is 72.1 cm³/mol. The molecule has 4 heteroatoms. The molecular weight excluding hydrogens is 243 g/mol. The van der Waals surface area contributed by atoms with E-state index in [1.807, 2.05) is 12.1 Å². The zero-order chi connectivity index (χ0) is 13.2. The molecule has 19 heavy (non-hydrogen) atoms. The number of rotatable bonds is 2. The molecule has 2 aliphatic rings. The summed E-state index contributed by atoms with van der Waals surface area (Å²) < 4.78 is 14.2. The average molecular weight is 258 g/mol. The molecule has 0 spiro atoms. The van der Waals surface area contributed by atoms with E-state index in [0.717, 1.165) is 36.1 Å². The van der Waals surface area contributed by atoms with Crippen LogP contribution in [0.15, 0.2) is 29.4 Å². The van der Waals surface area contributed by atoms with Gasteiger partial charge < -0.3 is 0 Å². The maximum Gasteiger partial charge on any atom is 0.240 e. The van der Waals surface area contributed by atoms with E-state index in [1.165, 1.54) is 6.07 Å². The fourth-order valence-electron chi connectivity index (χ4n) is 2.55. The summed E-state index contributed by atoms with van der Waals surface area (Å²) in [6.45, 7) is 0. The standard InChI is InChI=1S/C15H15FN2O/c16-13-9-11(14-7-8-15(19)18-17-14)5-6-12(13)10-3-1-2-4-10/h3,5-6,9H,1-2,4,7-8H2,(H,18,19). The number of allylic oxidation sites excluding steroid dienone is 2. The largest absolute Gasteiger partial charge is 0.273 e. The molecular formula is C15H15FN2O. The molecule has 0 saturated carbocycles. The molecule has 0 aromatic heterocycles. The summed E-state index contributed by atoms with van der Waals surface area (Å²) in [5, 5.41) is 3.98.